The number of imide groups is 1. The summed E-state index contributed by atoms with van der Waals surface area (Å²) in [5.74, 6) is 0.367. The van der Waals surface area contributed by atoms with Crippen molar-refractivity contribution in [3.8, 4) is 5.75 Å². The number of nitrogens with one attached hydrogen (secondary N) is 2. The van der Waals surface area contributed by atoms with Crippen LogP contribution in [0.4, 0.5) is 4.79 Å². The maximum Gasteiger partial charge on any atom is 0.326 e. The van der Waals surface area contributed by atoms with Gasteiger partial charge in [-0.05, 0) is 42.2 Å². The molecular weight excluding hydrogens is 304 g/mol. The van der Waals surface area contributed by atoms with Crippen LogP contribution in [0.2, 0.25) is 0 Å². The predicted molar refractivity (Wildman–Crippen MR) is 91.4 cm³/mol. The average molecular weight is 322 g/mol. The smallest absolute Gasteiger partial charge is 0.326 e. The van der Waals surface area contributed by atoms with Gasteiger partial charge in [-0.1, -0.05) is 42.5 Å². The lowest BCUT2D eigenvalue weighted by Gasteiger charge is -2.06. The summed E-state index contributed by atoms with van der Waals surface area (Å²) in [6, 6.07) is 17.2. The Morgan fingerprint density at radius 3 is 2.33 bits per heavy atom. The van der Waals surface area contributed by atoms with Gasteiger partial charge >= 0.3 is 6.03 Å². The summed E-state index contributed by atoms with van der Waals surface area (Å²) >= 11 is 0. The summed E-state index contributed by atoms with van der Waals surface area (Å²) in [7, 11) is 0. The van der Waals surface area contributed by atoms with Crippen molar-refractivity contribution in [3.05, 3.63) is 71.4 Å². The minimum atomic E-state index is -0.496. The van der Waals surface area contributed by atoms with Crippen LogP contribution in [0.3, 0.4) is 0 Å². The van der Waals surface area contributed by atoms with E-state index in [4.69, 9.17) is 4.74 Å². The molecule has 1 aliphatic rings. The normalized spacial score (nSPS) is 15.2. The second-order valence-corrected chi connectivity index (χ2v) is 5.47. The highest BCUT2D eigenvalue weighted by molar-refractivity contribution is 6.13. The van der Waals surface area contributed by atoms with Crippen LogP contribution in [0.1, 0.15) is 17.5 Å². The Balaban J connectivity index is 1.49. The van der Waals surface area contributed by atoms with Crippen LogP contribution in [-0.4, -0.2) is 18.5 Å². The molecule has 0 radical (unpaired) electrons. The van der Waals surface area contributed by atoms with E-state index in [1.807, 2.05) is 42.5 Å². The second-order valence-electron chi connectivity index (χ2n) is 5.47. The number of aryl methyl sites for hydroxylation is 1. The molecule has 0 aromatic heterocycles. The molecule has 3 rings (SSSR count). The number of carbonyl (C=O) groups excluding carboxylic acids is 2. The van der Waals surface area contributed by atoms with Crippen LogP contribution in [0.5, 0.6) is 5.75 Å². The second kappa shape index (κ2) is 7.46. The fourth-order valence-corrected chi connectivity index (χ4v) is 2.42. The molecule has 2 N–H and O–H groups in total. The van der Waals surface area contributed by atoms with Crippen LogP contribution >= 0.6 is 0 Å². The molecule has 5 nitrogen and oxygen atoms in total. The molecule has 0 unspecified atom stereocenters. The van der Waals surface area contributed by atoms with E-state index >= 15 is 0 Å². The molecule has 1 heterocycles. The highest BCUT2D eigenvalue weighted by Gasteiger charge is 2.22. The first-order chi connectivity index (χ1) is 11.7. The van der Waals surface area contributed by atoms with Crippen molar-refractivity contribution in [1.82, 2.24) is 10.6 Å². The van der Waals surface area contributed by atoms with Gasteiger partial charge in [-0.3, -0.25) is 10.1 Å². The zero-order valence-corrected chi connectivity index (χ0v) is 13.1. The average Bonchev–Trinajstić information content (AvgIpc) is 2.91. The van der Waals surface area contributed by atoms with Crippen LogP contribution in [0, 0.1) is 0 Å². The molecule has 2 aromatic rings. The van der Waals surface area contributed by atoms with Crippen LogP contribution < -0.4 is 15.4 Å². The summed E-state index contributed by atoms with van der Waals surface area (Å²) < 4.78 is 5.72. The van der Waals surface area contributed by atoms with E-state index in [-0.39, 0.29) is 5.70 Å². The number of carbonyl (C=O) groups is 2. The highest BCUT2D eigenvalue weighted by Crippen LogP contribution is 2.15. The molecular formula is C19H18N2O3. The van der Waals surface area contributed by atoms with E-state index in [0.29, 0.717) is 6.61 Å². The molecule has 24 heavy (non-hydrogen) atoms. The number of hydrogen-bond acceptors (Lipinski definition) is 3. The van der Waals surface area contributed by atoms with Gasteiger partial charge in [-0.2, -0.15) is 0 Å². The first kappa shape index (κ1) is 15.8. The molecule has 0 bridgehead atoms. The minimum Gasteiger partial charge on any atom is -0.494 e. The Morgan fingerprint density at radius 2 is 1.67 bits per heavy atom. The molecule has 0 atom stereocenters. The Kier molecular flexibility index (Phi) is 4.91. The molecule has 5 heteroatoms. The summed E-state index contributed by atoms with van der Waals surface area (Å²) in [6.45, 7) is 0.647. The van der Waals surface area contributed by atoms with Gasteiger partial charge < -0.3 is 10.1 Å². The van der Waals surface area contributed by atoms with E-state index in [1.165, 1.54) is 5.56 Å². The van der Waals surface area contributed by atoms with Crippen LogP contribution in [-0.2, 0) is 11.2 Å². The van der Waals surface area contributed by atoms with Crippen molar-refractivity contribution in [2.75, 3.05) is 6.61 Å². The fraction of sp³-hybridized carbons (Fsp3) is 0.158. The third-order valence-corrected chi connectivity index (χ3v) is 3.63. The van der Waals surface area contributed by atoms with Gasteiger partial charge in [0.05, 0.1) is 6.61 Å². The minimum absolute atomic E-state index is 0.247. The SMILES string of the molecule is O=C1NC(=O)/C(=C\c2ccc(OCCCc3ccccc3)cc2)N1. The maximum atomic E-state index is 11.5. The lowest BCUT2D eigenvalue weighted by molar-refractivity contribution is -0.115. The van der Waals surface area contributed by atoms with Crippen LogP contribution in [0.15, 0.2) is 60.3 Å². The van der Waals surface area contributed by atoms with Gasteiger partial charge in [0.1, 0.15) is 11.4 Å². The number of rotatable bonds is 6. The molecule has 0 aliphatic carbocycles. The quantitative estimate of drug-likeness (QED) is 0.488. The fourth-order valence-electron chi connectivity index (χ4n) is 2.42. The third kappa shape index (κ3) is 4.23. The number of ether oxygens (including phenoxy) is 1. The first-order valence-corrected chi connectivity index (χ1v) is 7.81. The van der Waals surface area contributed by atoms with E-state index in [0.717, 1.165) is 24.2 Å². The lowest BCUT2D eigenvalue weighted by atomic mass is 10.1. The van der Waals surface area contributed by atoms with Gasteiger partial charge in [0.15, 0.2) is 0 Å². The summed E-state index contributed by atoms with van der Waals surface area (Å²) in [5, 5.41) is 4.62. The summed E-state index contributed by atoms with van der Waals surface area (Å²) in [4.78, 5) is 22.5. The number of hydrogen-bond donors (Lipinski definition) is 2. The van der Waals surface area contributed by atoms with Crippen molar-refractivity contribution >= 4 is 18.0 Å². The van der Waals surface area contributed by atoms with Gasteiger partial charge in [0.25, 0.3) is 5.91 Å². The van der Waals surface area contributed by atoms with Gasteiger partial charge in [-0.25, -0.2) is 4.79 Å². The number of amides is 3. The zero-order valence-electron chi connectivity index (χ0n) is 13.1. The van der Waals surface area contributed by atoms with E-state index in [1.54, 1.807) is 6.08 Å². The third-order valence-electron chi connectivity index (χ3n) is 3.63. The highest BCUT2D eigenvalue weighted by atomic mass is 16.5. The van der Waals surface area contributed by atoms with E-state index < -0.39 is 11.9 Å². The maximum absolute atomic E-state index is 11.5. The van der Waals surface area contributed by atoms with Crippen molar-refractivity contribution in [2.24, 2.45) is 0 Å². The number of urea groups is 1. The summed E-state index contributed by atoms with van der Waals surface area (Å²) in [6.07, 6.45) is 3.56. The monoisotopic (exact) mass is 322 g/mol. The molecule has 1 saturated heterocycles. The predicted octanol–water partition coefficient (Wildman–Crippen LogP) is 2.88. The zero-order chi connectivity index (χ0) is 16.8. The molecule has 1 fully saturated rings. The number of benzene rings is 2. The van der Waals surface area contributed by atoms with E-state index in [2.05, 4.69) is 22.8 Å². The Labute approximate surface area is 140 Å². The molecule has 122 valence electrons. The molecule has 1 aliphatic heterocycles. The van der Waals surface area contributed by atoms with Crippen molar-refractivity contribution in [3.63, 3.8) is 0 Å². The summed E-state index contributed by atoms with van der Waals surface area (Å²) in [5.41, 5.74) is 2.37. The largest absolute Gasteiger partial charge is 0.494 e. The van der Waals surface area contributed by atoms with Crippen molar-refractivity contribution < 1.29 is 14.3 Å². The van der Waals surface area contributed by atoms with Crippen LogP contribution in [0.25, 0.3) is 6.08 Å². The van der Waals surface area contributed by atoms with Gasteiger partial charge in [0.2, 0.25) is 0 Å². The van der Waals surface area contributed by atoms with Crippen molar-refractivity contribution in [1.29, 1.82) is 0 Å². The molecule has 0 spiro atoms. The molecule has 2 aromatic carbocycles. The van der Waals surface area contributed by atoms with E-state index in [9.17, 15) is 9.59 Å². The van der Waals surface area contributed by atoms with Gasteiger partial charge in [0, 0.05) is 0 Å². The first-order valence-electron chi connectivity index (χ1n) is 7.81. The Hall–Kier alpha value is -3.08. The Bertz CT molecular complexity index is 752. The molecule has 3 amide bonds. The van der Waals surface area contributed by atoms with Crippen molar-refractivity contribution in [2.45, 2.75) is 12.8 Å². The molecule has 0 saturated carbocycles. The van der Waals surface area contributed by atoms with Gasteiger partial charge in [-0.15, -0.1) is 0 Å². The lowest BCUT2D eigenvalue weighted by Crippen LogP contribution is -2.22. The standard InChI is InChI=1S/C19H18N2O3/c22-18-17(20-19(23)21-18)13-15-8-10-16(11-9-15)24-12-4-7-14-5-2-1-3-6-14/h1-3,5-6,8-11,13H,4,7,12H2,(H2,20,21,22,23)/b17-13+. The topological polar surface area (TPSA) is 67.4 Å². The Morgan fingerprint density at radius 1 is 0.917 bits per heavy atom.